The molecule has 0 radical (unpaired) electrons. The van der Waals surface area contributed by atoms with E-state index in [2.05, 4.69) is 20.9 Å². The van der Waals surface area contributed by atoms with E-state index >= 15 is 0 Å². The minimum atomic E-state index is -0.376. The predicted octanol–water partition coefficient (Wildman–Crippen LogP) is 5.59. The van der Waals surface area contributed by atoms with Crippen LogP contribution in [0.25, 0.3) is 22.4 Å². The summed E-state index contributed by atoms with van der Waals surface area (Å²) in [7, 11) is 0. The highest BCUT2D eigenvalue weighted by Gasteiger charge is 2.18. The Balaban J connectivity index is 2.34. The molecule has 0 aliphatic rings. The molecule has 1 heterocycles. The molecule has 0 aliphatic heterocycles. The molecule has 4 heteroatoms. The van der Waals surface area contributed by atoms with Gasteiger partial charge >= 0.3 is 0 Å². The van der Waals surface area contributed by atoms with Gasteiger partial charge in [-0.25, -0.2) is 8.78 Å². The average Bonchev–Trinajstić information content (AvgIpc) is 2.55. The standard InChI is InChI=1S/C18H12BrF2N/c19-11-12-9-10-22-18(14-6-2-4-8-16(14)21)17(12)13-5-1-3-7-15(13)20/h1-10H,11H2. The van der Waals surface area contributed by atoms with Crippen molar-refractivity contribution in [3.8, 4) is 22.4 Å². The van der Waals surface area contributed by atoms with Gasteiger partial charge < -0.3 is 0 Å². The van der Waals surface area contributed by atoms with Gasteiger partial charge in [-0.3, -0.25) is 4.98 Å². The molecule has 0 spiro atoms. The summed E-state index contributed by atoms with van der Waals surface area (Å²) in [5.41, 5.74) is 2.70. The predicted molar refractivity (Wildman–Crippen MR) is 87.7 cm³/mol. The van der Waals surface area contributed by atoms with E-state index in [4.69, 9.17) is 0 Å². The summed E-state index contributed by atoms with van der Waals surface area (Å²) in [6, 6.07) is 14.7. The van der Waals surface area contributed by atoms with Crippen molar-refractivity contribution in [2.24, 2.45) is 0 Å². The van der Waals surface area contributed by atoms with Gasteiger partial charge in [-0.15, -0.1) is 0 Å². The first-order valence-corrected chi connectivity index (χ1v) is 7.88. The summed E-state index contributed by atoms with van der Waals surface area (Å²) in [6.07, 6.45) is 1.61. The van der Waals surface area contributed by atoms with Crippen molar-refractivity contribution < 1.29 is 8.78 Å². The Morgan fingerprint density at radius 3 is 2.00 bits per heavy atom. The number of alkyl halides is 1. The van der Waals surface area contributed by atoms with Gasteiger partial charge in [0.15, 0.2) is 0 Å². The Kier molecular flexibility index (Phi) is 4.29. The number of hydrogen-bond acceptors (Lipinski definition) is 1. The highest BCUT2D eigenvalue weighted by Crippen LogP contribution is 2.36. The highest BCUT2D eigenvalue weighted by molar-refractivity contribution is 9.08. The van der Waals surface area contributed by atoms with Crippen molar-refractivity contribution >= 4 is 15.9 Å². The Hall–Kier alpha value is -2.07. The number of benzene rings is 2. The second-order valence-electron chi connectivity index (χ2n) is 4.79. The lowest BCUT2D eigenvalue weighted by atomic mass is 9.95. The van der Waals surface area contributed by atoms with Crippen LogP contribution in [0.15, 0.2) is 60.8 Å². The van der Waals surface area contributed by atoms with Crippen LogP contribution in [0.2, 0.25) is 0 Å². The fourth-order valence-electron chi connectivity index (χ4n) is 2.44. The van der Waals surface area contributed by atoms with E-state index in [1.54, 1.807) is 48.7 Å². The third-order valence-electron chi connectivity index (χ3n) is 3.45. The van der Waals surface area contributed by atoms with E-state index in [9.17, 15) is 8.78 Å². The molecule has 2 aromatic carbocycles. The number of halogens is 3. The molecule has 22 heavy (non-hydrogen) atoms. The van der Waals surface area contributed by atoms with Gasteiger partial charge in [0.1, 0.15) is 11.6 Å². The molecule has 110 valence electrons. The highest BCUT2D eigenvalue weighted by atomic mass is 79.9. The van der Waals surface area contributed by atoms with Crippen molar-refractivity contribution in [3.05, 3.63) is 78.0 Å². The van der Waals surface area contributed by atoms with Gasteiger partial charge in [0.25, 0.3) is 0 Å². The van der Waals surface area contributed by atoms with Gasteiger partial charge in [-0.05, 0) is 29.8 Å². The van der Waals surface area contributed by atoms with Crippen LogP contribution in [-0.4, -0.2) is 4.98 Å². The molecule has 0 saturated heterocycles. The molecule has 0 bridgehead atoms. The number of rotatable bonds is 3. The summed E-state index contributed by atoms with van der Waals surface area (Å²) in [5.74, 6) is -0.727. The smallest absolute Gasteiger partial charge is 0.132 e. The third kappa shape index (κ3) is 2.66. The van der Waals surface area contributed by atoms with Crippen LogP contribution < -0.4 is 0 Å². The average molecular weight is 360 g/mol. The molecule has 0 aliphatic carbocycles. The molecule has 0 saturated carbocycles. The largest absolute Gasteiger partial charge is 0.255 e. The summed E-state index contributed by atoms with van der Waals surface area (Å²) in [5, 5.41) is 0.528. The van der Waals surface area contributed by atoms with E-state index in [-0.39, 0.29) is 11.6 Å². The molecule has 0 fully saturated rings. The van der Waals surface area contributed by atoms with E-state index in [0.717, 1.165) is 5.56 Å². The molecule has 1 nitrogen and oxygen atoms in total. The lowest BCUT2D eigenvalue weighted by molar-refractivity contribution is 0.628. The van der Waals surface area contributed by atoms with Crippen molar-refractivity contribution in [2.75, 3.05) is 0 Å². The third-order valence-corrected chi connectivity index (χ3v) is 4.06. The molecule has 0 N–H and O–H groups in total. The number of hydrogen-bond donors (Lipinski definition) is 0. The number of aromatic nitrogens is 1. The van der Waals surface area contributed by atoms with Crippen molar-refractivity contribution in [2.45, 2.75) is 5.33 Å². The lowest BCUT2D eigenvalue weighted by Gasteiger charge is -2.14. The van der Waals surface area contributed by atoms with Crippen LogP contribution in [0.3, 0.4) is 0 Å². The molecule has 0 unspecified atom stereocenters. The number of nitrogens with zero attached hydrogens (tertiary/aromatic N) is 1. The molecule has 0 atom stereocenters. The summed E-state index contributed by atoms with van der Waals surface area (Å²) >= 11 is 3.41. The van der Waals surface area contributed by atoms with Crippen LogP contribution in [0, 0.1) is 11.6 Å². The van der Waals surface area contributed by atoms with Crippen LogP contribution >= 0.6 is 15.9 Å². The monoisotopic (exact) mass is 359 g/mol. The van der Waals surface area contributed by atoms with Gasteiger partial charge in [0, 0.05) is 28.2 Å². The van der Waals surface area contributed by atoms with Crippen molar-refractivity contribution in [3.63, 3.8) is 0 Å². The van der Waals surface area contributed by atoms with Gasteiger partial charge in [0.05, 0.1) is 5.69 Å². The van der Waals surface area contributed by atoms with Crippen LogP contribution in [0.1, 0.15) is 5.56 Å². The van der Waals surface area contributed by atoms with Gasteiger partial charge in [0.2, 0.25) is 0 Å². The minimum Gasteiger partial charge on any atom is -0.255 e. The second-order valence-corrected chi connectivity index (χ2v) is 5.35. The molecule has 3 rings (SSSR count). The Morgan fingerprint density at radius 1 is 0.818 bits per heavy atom. The topological polar surface area (TPSA) is 12.9 Å². The molecule has 0 amide bonds. The second kappa shape index (κ2) is 6.36. The molecular weight excluding hydrogens is 348 g/mol. The van der Waals surface area contributed by atoms with Crippen LogP contribution in [-0.2, 0) is 5.33 Å². The van der Waals surface area contributed by atoms with E-state index < -0.39 is 0 Å². The Bertz CT molecular complexity index is 818. The molecule has 1 aromatic heterocycles. The number of pyridine rings is 1. The quantitative estimate of drug-likeness (QED) is 0.555. The first-order chi connectivity index (χ1) is 10.7. The van der Waals surface area contributed by atoms with Crippen LogP contribution in [0.4, 0.5) is 8.78 Å². The van der Waals surface area contributed by atoms with E-state index in [1.807, 2.05) is 0 Å². The van der Waals surface area contributed by atoms with Crippen molar-refractivity contribution in [1.82, 2.24) is 4.98 Å². The van der Waals surface area contributed by atoms with E-state index in [0.29, 0.717) is 27.7 Å². The fourth-order valence-corrected chi connectivity index (χ4v) is 2.90. The molecule has 3 aromatic rings. The maximum atomic E-state index is 14.3. The SMILES string of the molecule is Fc1ccccc1-c1nccc(CBr)c1-c1ccccc1F. The lowest BCUT2D eigenvalue weighted by Crippen LogP contribution is -1.97. The van der Waals surface area contributed by atoms with Crippen molar-refractivity contribution in [1.29, 1.82) is 0 Å². The minimum absolute atomic E-state index is 0.352. The summed E-state index contributed by atoms with van der Waals surface area (Å²) < 4.78 is 28.4. The summed E-state index contributed by atoms with van der Waals surface area (Å²) in [4.78, 5) is 4.31. The summed E-state index contributed by atoms with van der Waals surface area (Å²) in [6.45, 7) is 0. The first-order valence-electron chi connectivity index (χ1n) is 6.76. The van der Waals surface area contributed by atoms with Gasteiger partial charge in [-0.2, -0.15) is 0 Å². The fraction of sp³-hybridized carbons (Fsp3) is 0.0556. The van der Waals surface area contributed by atoms with E-state index in [1.165, 1.54) is 12.1 Å². The zero-order valence-corrected chi connectivity index (χ0v) is 13.1. The first kappa shape index (κ1) is 14.9. The molecular formula is C18H12BrF2N. The zero-order valence-electron chi connectivity index (χ0n) is 11.6. The normalized spacial score (nSPS) is 10.7. The Morgan fingerprint density at radius 2 is 1.41 bits per heavy atom. The zero-order chi connectivity index (χ0) is 15.5. The van der Waals surface area contributed by atoms with Gasteiger partial charge in [-0.1, -0.05) is 46.3 Å². The Labute approximate surface area is 135 Å². The van der Waals surface area contributed by atoms with Crippen LogP contribution in [0.5, 0.6) is 0 Å². The maximum Gasteiger partial charge on any atom is 0.132 e. The maximum absolute atomic E-state index is 14.3.